The van der Waals surface area contributed by atoms with Crippen LogP contribution in [-0.2, 0) is 23.6 Å². The molecule has 0 saturated heterocycles. The van der Waals surface area contributed by atoms with Gasteiger partial charge in [-0.1, -0.05) is 0 Å². The van der Waals surface area contributed by atoms with E-state index in [-0.39, 0.29) is 0 Å². The Morgan fingerprint density at radius 2 is 2.14 bits per heavy atom. The van der Waals surface area contributed by atoms with Gasteiger partial charge in [0, 0.05) is 0 Å². The van der Waals surface area contributed by atoms with Gasteiger partial charge in [0.2, 0.25) is 0 Å². The van der Waals surface area contributed by atoms with Gasteiger partial charge < -0.3 is 0 Å². The van der Waals surface area contributed by atoms with Crippen LogP contribution in [0.4, 0.5) is 0 Å². The summed E-state index contributed by atoms with van der Waals surface area (Å²) in [5.41, 5.74) is 0. The fourth-order valence-electron chi connectivity index (χ4n) is 0.411. The molecule has 0 aliphatic heterocycles. The van der Waals surface area contributed by atoms with E-state index in [2.05, 4.69) is 6.92 Å². The average Bonchev–Trinajstić information content (AvgIpc) is 1.69. The molecule has 0 aromatic carbocycles. The topological polar surface area (TPSA) is 9.23 Å². The van der Waals surface area contributed by atoms with E-state index in [0.717, 1.165) is 6.61 Å². The molecule has 0 bridgehead atoms. The minimum atomic E-state index is 0.929. The molecule has 0 aliphatic carbocycles. The van der Waals surface area contributed by atoms with Gasteiger partial charge in [-0.15, -0.1) is 0 Å². The van der Waals surface area contributed by atoms with Crippen molar-refractivity contribution in [1.29, 1.82) is 0 Å². The van der Waals surface area contributed by atoms with Gasteiger partial charge in [0.25, 0.3) is 0 Å². The average molecular weight is 183 g/mol. The zero-order valence-corrected chi connectivity index (χ0v) is 6.65. The zero-order valence-electron chi connectivity index (χ0n) is 4.64. The van der Waals surface area contributed by atoms with Crippen molar-refractivity contribution in [3.8, 4) is 0 Å². The van der Waals surface area contributed by atoms with Crippen LogP contribution >= 0.6 is 0 Å². The molecule has 2 heteroatoms. The molecule has 0 aromatic heterocycles. The van der Waals surface area contributed by atoms with Crippen molar-refractivity contribution < 1.29 is 23.6 Å². The van der Waals surface area contributed by atoms with E-state index >= 15 is 0 Å². The van der Waals surface area contributed by atoms with Crippen LogP contribution in [0, 0.1) is 0 Å². The zero-order chi connectivity index (χ0) is 5.54. The van der Waals surface area contributed by atoms with Crippen molar-refractivity contribution in [1.82, 2.24) is 0 Å². The molecule has 0 N–H and O–H groups in total. The van der Waals surface area contributed by atoms with Gasteiger partial charge in [-0.3, -0.25) is 0 Å². The first-order valence-electron chi connectivity index (χ1n) is 2.66. The summed E-state index contributed by atoms with van der Waals surface area (Å²) >= 11 is 1.69. The number of rotatable bonds is 4. The van der Waals surface area contributed by atoms with Gasteiger partial charge in [0.15, 0.2) is 0 Å². The van der Waals surface area contributed by atoms with Crippen LogP contribution in [0.2, 0.25) is 0 Å². The summed E-state index contributed by atoms with van der Waals surface area (Å²) in [4.78, 5) is 0. The normalized spacial score (nSPS) is 9.29. The number of hydrogen-bond acceptors (Lipinski definition) is 1. The second-order valence-corrected chi connectivity index (χ2v) is 2.11. The Labute approximate surface area is 56.8 Å². The maximum absolute atomic E-state index is 4.85. The molecule has 0 heterocycles. The Morgan fingerprint density at radius 1 is 1.43 bits per heavy atom. The Hall–Kier alpha value is 0.648. The monoisotopic (exact) mass is 185 g/mol. The van der Waals surface area contributed by atoms with Crippen LogP contribution in [0.25, 0.3) is 0 Å². The predicted octanol–water partition coefficient (Wildman–Crippen LogP) is 1.66. The Bertz CT molecular complexity index is 27.3. The quantitative estimate of drug-likeness (QED) is 0.475. The van der Waals surface area contributed by atoms with E-state index in [1.165, 1.54) is 19.3 Å². The summed E-state index contributed by atoms with van der Waals surface area (Å²) < 4.78 is 4.85. The van der Waals surface area contributed by atoms with Gasteiger partial charge in [-0.05, 0) is 0 Å². The van der Waals surface area contributed by atoms with Gasteiger partial charge in [0.1, 0.15) is 0 Å². The predicted molar refractivity (Wildman–Crippen MR) is 25.5 cm³/mol. The fourth-order valence-corrected chi connectivity index (χ4v) is 0.701. The van der Waals surface area contributed by atoms with E-state index < -0.39 is 0 Å². The second-order valence-electron chi connectivity index (χ2n) is 1.53. The fraction of sp³-hybridized carbons (Fsp3) is 1.00. The summed E-state index contributed by atoms with van der Waals surface area (Å²) in [6.07, 6.45) is 3.80. The molecular formula is C5H11MoO. The number of unbranched alkanes of at least 4 members (excludes halogenated alkanes) is 2. The van der Waals surface area contributed by atoms with E-state index in [1.807, 2.05) is 0 Å². The van der Waals surface area contributed by atoms with Gasteiger partial charge >= 0.3 is 56.4 Å². The third-order valence-electron chi connectivity index (χ3n) is 0.831. The van der Waals surface area contributed by atoms with Crippen molar-refractivity contribution in [3.63, 3.8) is 0 Å². The van der Waals surface area contributed by atoms with Crippen LogP contribution in [-0.4, -0.2) is 6.61 Å². The van der Waals surface area contributed by atoms with Crippen molar-refractivity contribution in [2.24, 2.45) is 0 Å². The molecule has 43 valence electrons. The van der Waals surface area contributed by atoms with Crippen molar-refractivity contribution >= 4 is 0 Å². The van der Waals surface area contributed by atoms with Crippen LogP contribution in [0.5, 0.6) is 0 Å². The van der Waals surface area contributed by atoms with Crippen molar-refractivity contribution in [3.05, 3.63) is 0 Å². The van der Waals surface area contributed by atoms with E-state index in [9.17, 15) is 0 Å². The Kier molecular flexibility index (Phi) is 7.26. The maximum atomic E-state index is 4.85. The standard InChI is InChI=1S/C5H11O.Mo/c1-2-3-4-5-6;/h2-5H2,1H3;/q-1;+1. The Balaban J connectivity index is 2.45. The molecule has 0 unspecified atom stereocenters. The second kappa shape index (κ2) is 6.65. The van der Waals surface area contributed by atoms with Gasteiger partial charge in [-0.25, -0.2) is 0 Å². The molecule has 0 aromatic rings. The summed E-state index contributed by atoms with van der Waals surface area (Å²) in [6, 6.07) is 0. The van der Waals surface area contributed by atoms with Crippen molar-refractivity contribution in [2.45, 2.75) is 26.2 Å². The minimum absolute atomic E-state index is 0.929. The molecule has 0 amide bonds. The summed E-state index contributed by atoms with van der Waals surface area (Å²) in [5.74, 6) is 0. The SMILES string of the molecule is CCCCC[O][Mo]. The van der Waals surface area contributed by atoms with Crippen LogP contribution in [0.3, 0.4) is 0 Å². The summed E-state index contributed by atoms with van der Waals surface area (Å²) in [5, 5.41) is 0. The number of hydrogen-bond donors (Lipinski definition) is 0. The van der Waals surface area contributed by atoms with Gasteiger partial charge in [0.05, 0.1) is 0 Å². The first kappa shape index (κ1) is 7.65. The molecule has 0 atom stereocenters. The first-order valence-corrected chi connectivity index (χ1v) is 3.48. The molecule has 0 radical (unpaired) electrons. The third-order valence-corrected chi connectivity index (χ3v) is 1.24. The van der Waals surface area contributed by atoms with E-state index in [4.69, 9.17) is 3.39 Å². The van der Waals surface area contributed by atoms with Gasteiger partial charge in [-0.2, -0.15) is 0 Å². The van der Waals surface area contributed by atoms with Crippen LogP contribution in [0.1, 0.15) is 26.2 Å². The molecule has 0 fully saturated rings. The molecule has 1 nitrogen and oxygen atoms in total. The molecule has 0 saturated carbocycles. The Morgan fingerprint density at radius 3 is 2.57 bits per heavy atom. The molecule has 0 rings (SSSR count). The van der Waals surface area contributed by atoms with Crippen molar-refractivity contribution in [2.75, 3.05) is 6.61 Å². The molecule has 0 aliphatic rings. The van der Waals surface area contributed by atoms with E-state index in [1.54, 1.807) is 20.2 Å². The molecule has 7 heavy (non-hydrogen) atoms. The summed E-state index contributed by atoms with van der Waals surface area (Å²) in [7, 11) is 0. The van der Waals surface area contributed by atoms with Crippen LogP contribution < -0.4 is 0 Å². The first-order chi connectivity index (χ1) is 3.41. The molecule has 0 spiro atoms. The summed E-state index contributed by atoms with van der Waals surface area (Å²) in [6.45, 7) is 3.12. The van der Waals surface area contributed by atoms with Crippen LogP contribution in [0.15, 0.2) is 0 Å². The van der Waals surface area contributed by atoms with E-state index in [0.29, 0.717) is 0 Å². The third kappa shape index (κ3) is 6.65. The molecular weight excluding hydrogens is 172 g/mol.